The SMILES string of the molecule is COC(=O)C(Cl)C(=O)c1cccc(C)c1. The van der Waals surface area contributed by atoms with Crippen LogP contribution in [0.25, 0.3) is 0 Å². The molecule has 1 unspecified atom stereocenters. The highest BCUT2D eigenvalue weighted by atomic mass is 35.5. The number of Topliss-reactive ketones (excluding diaryl/α,β-unsaturated/α-hetero) is 1. The molecule has 0 saturated carbocycles. The van der Waals surface area contributed by atoms with E-state index in [0.29, 0.717) is 5.56 Å². The van der Waals surface area contributed by atoms with E-state index in [2.05, 4.69) is 4.74 Å². The molecule has 80 valence electrons. The van der Waals surface area contributed by atoms with Crippen LogP contribution < -0.4 is 0 Å². The van der Waals surface area contributed by atoms with Gasteiger partial charge >= 0.3 is 5.97 Å². The maximum Gasteiger partial charge on any atom is 0.331 e. The summed E-state index contributed by atoms with van der Waals surface area (Å²) in [4.78, 5) is 22.7. The summed E-state index contributed by atoms with van der Waals surface area (Å²) in [6.07, 6.45) is 0. The zero-order chi connectivity index (χ0) is 11.4. The Bertz CT molecular complexity index is 387. The first kappa shape index (κ1) is 11.7. The molecule has 0 fully saturated rings. The number of ketones is 1. The fourth-order valence-corrected chi connectivity index (χ4v) is 1.37. The van der Waals surface area contributed by atoms with Gasteiger partial charge in [-0.05, 0) is 13.0 Å². The first-order valence-electron chi connectivity index (χ1n) is 4.39. The van der Waals surface area contributed by atoms with Gasteiger partial charge in [0.25, 0.3) is 0 Å². The van der Waals surface area contributed by atoms with Gasteiger partial charge in [0, 0.05) is 5.56 Å². The fourth-order valence-electron chi connectivity index (χ4n) is 1.16. The molecule has 1 aromatic rings. The van der Waals surface area contributed by atoms with Gasteiger partial charge in [-0.1, -0.05) is 23.8 Å². The Morgan fingerprint density at radius 1 is 1.40 bits per heavy atom. The van der Waals surface area contributed by atoms with Crippen LogP contribution in [-0.4, -0.2) is 24.2 Å². The molecule has 0 aromatic heterocycles. The van der Waals surface area contributed by atoms with E-state index in [-0.39, 0.29) is 0 Å². The second-order valence-electron chi connectivity index (χ2n) is 3.12. The number of esters is 1. The Kier molecular flexibility index (Phi) is 3.86. The van der Waals surface area contributed by atoms with Gasteiger partial charge in [-0.3, -0.25) is 4.79 Å². The maximum absolute atomic E-state index is 11.7. The van der Waals surface area contributed by atoms with Crippen molar-refractivity contribution >= 4 is 23.4 Å². The molecule has 0 heterocycles. The molecule has 0 saturated heterocycles. The predicted octanol–water partition coefficient (Wildman–Crippen LogP) is 1.96. The lowest BCUT2D eigenvalue weighted by Gasteiger charge is -2.06. The van der Waals surface area contributed by atoms with Crippen molar-refractivity contribution in [1.82, 2.24) is 0 Å². The molecular weight excluding hydrogens is 216 g/mol. The first-order chi connectivity index (χ1) is 7.06. The van der Waals surface area contributed by atoms with E-state index in [0.717, 1.165) is 5.56 Å². The largest absolute Gasteiger partial charge is 0.468 e. The van der Waals surface area contributed by atoms with Gasteiger partial charge in [-0.25, -0.2) is 4.79 Å². The number of methoxy groups -OCH3 is 1. The van der Waals surface area contributed by atoms with Crippen LogP contribution in [0.1, 0.15) is 15.9 Å². The molecule has 1 aromatic carbocycles. The van der Waals surface area contributed by atoms with Crippen LogP contribution >= 0.6 is 11.6 Å². The highest BCUT2D eigenvalue weighted by molar-refractivity contribution is 6.43. The van der Waals surface area contributed by atoms with Gasteiger partial charge in [0.05, 0.1) is 7.11 Å². The summed E-state index contributed by atoms with van der Waals surface area (Å²) < 4.78 is 4.39. The monoisotopic (exact) mass is 226 g/mol. The van der Waals surface area contributed by atoms with Crippen molar-refractivity contribution in [2.24, 2.45) is 0 Å². The Morgan fingerprint density at radius 3 is 2.60 bits per heavy atom. The van der Waals surface area contributed by atoms with Crippen molar-refractivity contribution in [3.63, 3.8) is 0 Å². The van der Waals surface area contributed by atoms with Crippen molar-refractivity contribution < 1.29 is 14.3 Å². The number of carbonyl (C=O) groups excluding carboxylic acids is 2. The van der Waals surface area contributed by atoms with Crippen LogP contribution in [-0.2, 0) is 9.53 Å². The topological polar surface area (TPSA) is 43.4 Å². The molecule has 4 heteroatoms. The van der Waals surface area contributed by atoms with Crippen molar-refractivity contribution in [1.29, 1.82) is 0 Å². The van der Waals surface area contributed by atoms with Crippen LogP contribution in [0.3, 0.4) is 0 Å². The second-order valence-corrected chi connectivity index (χ2v) is 3.56. The van der Waals surface area contributed by atoms with E-state index < -0.39 is 17.1 Å². The number of benzene rings is 1. The molecule has 0 N–H and O–H groups in total. The normalized spacial score (nSPS) is 11.9. The van der Waals surface area contributed by atoms with E-state index >= 15 is 0 Å². The molecule has 0 bridgehead atoms. The molecule has 0 aliphatic heterocycles. The quantitative estimate of drug-likeness (QED) is 0.343. The summed E-state index contributed by atoms with van der Waals surface area (Å²) in [6, 6.07) is 6.90. The first-order valence-corrected chi connectivity index (χ1v) is 4.82. The van der Waals surface area contributed by atoms with Crippen LogP contribution in [0.15, 0.2) is 24.3 Å². The number of halogens is 1. The predicted molar refractivity (Wildman–Crippen MR) is 57.2 cm³/mol. The van der Waals surface area contributed by atoms with E-state index in [1.54, 1.807) is 18.2 Å². The van der Waals surface area contributed by atoms with Crippen LogP contribution in [0.5, 0.6) is 0 Å². The third-order valence-corrected chi connectivity index (χ3v) is 2.32. The highest BCUT2D eigenvalue weighted by Crippen LogP contribution is 2.11. The summed E-state index contributed by atoms with van der Waals surface area (Å²) in [5, 5.41) is -1.27. The van der Waals surface area contributed by atoms with Gasteiger partial charge in [0.1, 0.15) is 0 Å². The van der Waals surface area contributed by atoms with Crippen molar-refractivity contribution in [3.05, 3.63) is 35.4 Å². The van der Waals surface area contributed by atoms with E-state index in [9.17, 15) is 9.59 Å². The fraction of sp³-hybridized carbons (Fsp3) is 0.273. The zero-order valence-electron chi connectivity index (χ0n) is 8.49. The van der Waals surface area contributed by atoms with Crippen molar-refractivity contribution in [2.75, 3.05) is 7.11 Å². The summed E-state index contributed by atoms with van der Waals surface area (Å²) in [5.41, 5.74) is 1.36. The molecule has 1 atom stereocenters. The van der Waals surface area contributed by atoms with Crippen molar-refractivity contribution in [2.45, 2.75) is 12.3 Å². The average molecular weight is 227 g/mol. The Morgan fingerprint density at radius 2 is 2.07 bits per heavy atom. The zero-order valence-corrected chi connectivity index (χ0v) is 9.25. The maximum atomic E-state index is 11.7. The molecule has 15 heavy (non-hydrogen) atoms. The minimum absolute atomic E-state index is 0.417. The second kappa shape index (κ2) is 4.94. The lowest BCUT2D eigenvalue weighted by atomic mass is 10.1. The molecular formula is C11H11ClO3. The highest BCUT2D eigenvalue weighted by Gasteiger charge is 2.25. The van der Waals surface area contributed by atoms with Gasteiger partial charge in [-0.2, -0.15) is 0 Å². The minimum Gasteiger partial charge on any atom is -0.468 e. The Labute approximate surface area is 93.0 Å². The van der Waals surface area contributed by atoms with E-state index in [4.69, 9.17) is 11.6 Å². The van der Waals surface area contributed by atoms with Gasteiger partial charge < -0.3 is 4.74 Å². The molecule has 0 spiro atoms. The lowest BCUT2D eigenvalue weighted by Crippen LogP contribution is -2.25. The smallest absolute Gasteiger partial charge is 0.331 e. The standard InChI is InChI=1S/C11H11ClO3/c1-7-4-3-5-8(6-7)10(13)9(12)11(14)15-2/h3-6,9H,1-2H3. The summed E-state index contributed by atoms with van der Waals surface area (Å²) in [5.74, 6) is -1.17. The van der Waals surface area contributed by atoms with Gasteiger partial charge in [0.2, 0.25) is 0 Å². The molecule has 0 aliphatic rings. The molecule has 0 amide bonds. The number of hydrogen-bond donors (Lipinski definition) is 0. The number of alkyl halides is 1. The van der Waals surface area contributed by atoms with E-state index in [1.807, 2.05) is 13.0 Å². The lowest BCUT2D eigenvalue weighted by molar-refractivity contribution is -0.139. The number of carbonyl (C=O) groups is 2. The molecule has 1 rings (SSSR count). The minimum atomic E-state index is -1.27. The molecule has 3 nitrogen and oxygen atoms in total. The Hall–Kier alpha value is -1.35. The van der Waals surface area contributed by atoms with Crippen LogP contribution in [0.2, 0.25) is 0 Å². The molecule has 0 radical (unpaired) electrons. The summed E-state index contributed by atoms with van der Waals surface area (Å²) in [7, 11) is 1.20. The Balaban J connectivity index is 2.90. The number of aryl methyl sites for hydroxylation is 1. The summed E-state index contributed by atoms with van der Waals surface area (Å²) in [6.45, 7) is 1.86. The van der Waals surface area contributed by atoms with Crippen LogP contribution in [0.4, 0.5) is 0 Å². The van der Waals surface area contributed by atoms with E-state index in [1.165, 1.54) is 7.11 Å². The number of ether oxygens (including phenoxy) is 1. The van der Waals surface area contributed by atoms with Gasteiger partial charge in [0.15, 0.2) is 11.2 Å². The number of rotatable bonds is 3. The van der Waals surface area contributed by atoms with Crippen LogP contribution in [0, 0.1) is 6.92 Å². The third kappa shape index (κ3) is 2.80. The summed E-state index contributed by atoms with van der Waals surface area (Å²) >= 11 is 5.64. The molecule has 0 aliphatic carbocycles. The van der Waals surface area contributed by atoms with Crippen molar-refractivity contribution in [3.8, 4) is 0 Å². The van der Waals surface area contributed by atoms with Gasteiger partial charge in [-0.15, -0.1) is 11.6 Å². The average Bonchev–Trinajstić information content (AvgIpc) is 2.26. The number of hydrogen-bond acceptors (Lipinski definition) is 3. The third-order valence-electron chi connectivity index (χ3n) is 1.94.